The third-order valence-corrected chi connectivity index (χ3v) is 1.47. The second-order valence-corrected chi connectivity index (χ2v) is 3.46. The number of esters is 1. The van der Waals surface area contributed by atoms with E-state index in [4.69, 9.17) is 9.47 Å². The molecule has 0 aromatic rings. The number of carbonyl (C=O) groups excluding carboxylic acids is 1. The van der Waals surface area contributed by atoms with Crippen LogP contribution in [0.4, 0.5) is 0 Å². The van der Waals surface area contributed by atoms with Gasteiger partial charge < -0.3 is 9.47 Å². The smallest absolute Gasteiger partial charge is 0.311 e. The number of hydrogen-bond donors (Lipinski definition) is 0. The highest BCUT2D eigenvalue weighted by molar-refractivity contribution is 5.72. The van der Waals surface area contributed by atoms with Crippen LogP contribution in [0.3, 0.4) is 0 Å². The molecule has 0 heterocycles. The van der Waals surface area contributed by atoms with Crippen LogP contribution in [0.5, 0.6) is 0 Å². The van der Waals surface area contributed by atoms with Crippen LogP contribution in [-0.4, -0.2) is 25.3 Å². The van der Waals surface area contributed by atoms with Crippen molar-refractivity contribution in [1.82, 2.24) is 0 Å². The van der Waals surface area contributed by atoms with Gasteiger partial charge in [-0.25, -0.2) is 0 Å². The first-order valence-corrected chi connectivity index (χ1v) is 4.86. The monoisotopic (exact) mass is 188 g/mol. The van der Waals surface area contributed by atoms with E-state index in [0.717, 1.165) is 6.42 Å². The summed E-state index contributed by atoms with van der Waals surface area (Å²) in [6.07, 6.45) is 0.937. The third-order valence-electron chi connectivity index (χ3n) is 1.47. The van der Waals surface area contributed by atoms with Gasteiger partial charge in [0.25, 0.3) is 0 Å². The highest BCUT2D eigenvalue weighted by Crippen LogP contribution is 2.02. The number of hydrogen-bond acceptors (Lipinski definition) is 3. The Morgan fingerprint density at radius 3 is 2.38 bits per heavy atom. The lowest BCUT2D eigenvalue weighted by Gasteiger charge is -2.13. The lowest BCUT2D eigenvalue weighted by atomic mass is 10.2. The lowest BCUT2D eigenvalue weighted by molar-refractivity contribution is -0.153. The number of rotatable bonds is 6. The predicted molar refractivity (Wildman–Crippen MR) is 51.5 cm³/mol. The molecule has 1 atom stereocenters. The van der Waals surface area contributed by atoms with Gasteiger partial charge >= 0.3 is 5.97 Å². The van der Waals surface area contributed by atoms with Gasteiger partial charge in [-0.3, -0.25) is 4.79 Å². The lowest BCUT2D eigenvalue weighted by Crippen LogP contribution is -2.22. The van der Waals surface area contributed by atoms with Crippen LogP contribution in [0, 0.1) is 5.92 Å². The molecule has 0 saturated heterocycles. The largest absolute Gasteiger partial charge is 0.463 e. The van der Waals surface area contributed by atoms with Crippen LogP contribution in [-0.2, 0) is 14.3 Å². The van der Waals surface area contributed by atoms with E-state index in [1.54, 1.807) is 0 Å². The standard InChI is InChI=1S/C10H20O3/c1-5-6-12-7-9(4)10(11)13-8(2)3/h8-9H,5-7H2,1-4H3. The Kier molecular flexibility index (Phi) is 6.59. The van der Waals surface area contributed by atoms with Crippen molar-refractivity contribution in [2.45, 2.75) is 40.2 Å². The topological polar surface area (TPSA) is 35.5 Å². The summed E-state index contributed by atoms with van der Waals surface area (Å²) in [7, 11) is 0. The average molecular weight is 188 g/mol. The summed E-state index contributed by atoms with van der Waals surface area (Å²) < 4.78 is 10.3. The van der Waals surface area contributed by atoms with Crippen molar-refractivity contribution in [3.05, 3.63) is 0 Å². The Labute approximate surface area is 80.4 Å². The van der Waals surface area contributed by atoms with Crippen LogP contribution in [0.1, 0.15) is 34.1 Å². The van der Waals surface area contributed by atoms with Gasteiger partial charge in [-0.2, -0.15) is 0 Å². The summed E-state index contributed by atoms with van der Waals surface area (Å²) in [6, 6.07) is 0. The summed E-state index contributed by atoms with van der Waals surface area (Å²) in [4.78, 5) is 11.2. The first-order valence-electron chi connectivity index (χ1n) is 4.86. The van der Waals surface area contributed by atoms with Gasteiger partial charge in [-0.1, -0.05) is 6.92 Å². The van der Waals surface area contributed by atoms with E-state index in [-0.39, 0.29) is 18.0 Å². The fourth-order valence-corrected chi connectivity index (χ4v) is 0.821. The zero-order valence-electron chi connectivity index (χ0n) is 9.00. The molecule has 1 unspecified atom stereocenters. The Balaban J connectivity index is 3.57. The third kappa shape index (κ3) is 6.58. The van der Waals surface area contributed by atoms with Crippen molar-refractivity contribution < 1.29 is 14.3 Å². The molecule has 0 aromatic carbocycles. The SMILES string of the molecule is CCCOCC(C)C(=O)OC(C)C. The van der Waals surface area contributed by atoms with Crippen LogP contribution in [0.2, 0.25) is 0 Å². The Morgan fingerprint density at radius 1 is 1.31 bits per heavy atom. The molecular weight excluding hydrogens is 168 g/mol. The molecule has 3 nitrogen and oxygen atoms in total. The van der Waals surface area contributed by atoms with E-state index in [9.17, 15) is 4.79 Å². The molecule has 0 N–H and O–H groups in total. The highest BCUT2D eigenvalue weighted by atomic mass is 16.5. The van der Waals surface area contributed by atoms with Crippen molar-refractivity contribution in [3.63, 3.8) is 0 Å². The highest BCUT2D eigenvalue weighted by Gasteiger charge is 2.15. The van der Waals surface area contributed by atoms with Gasteiger partial charge in [-0.15, -0.1) is 0 Å². The van der Waals surface area contributed by atoms with Crippen LogP contribution in [0.25, 0.3) is 0 Å². The number of ether oxygens (including phenoxy) is 2. The van der Waals surface area contributed by atoms with Gasteiger partial charge in [0.05, 0.1) is 18.6 Å². The van der Waals surface area contributed by atoms with E-state index in [2.05, 4.69) is 0 Å². The molecule has 0 saturated carbocycles. The molecular formula is C10H20O3. The second-order valence-electron chi connectivity index (χ2n) is 3.46. The van der Waals surface area contributed by atoms with Gasteiger partial charge in [-0.05, 0) is 27.2 Å². The molecule has 0 aliphatic rings. The Bertz CT molecular complexity index is 143. The van der Waals surface area contributed by atoms with E-state index in [1.165, 1.54) is 0 Å². The summed E-state index contributed by atoms with van der Waals surface area (Å²) >= 11 is 0. The molecule has 0 fully saturated rings. The van der Waals surface area contributed by atoms with Gasteiger partial charge in [0.2, 0.25) is 0 Å². The van der Waals surface area contributed by atoms with Crippen LogP contribution >= 0.6 is 0 Å². The molecule has 0 radical (unpaired) electrons. The number of carbonyl (C=O) groups is 1. The fourth-order valence-electron chi connectivity index (χ4n) is 0.821. The summed E-state index contributed by atoms with van der Waals surface area (Å²) in [5.74, 6) is -0.333. The van der Waals surface area contributed by atoms with E-state index < -0.39 is 0 Å². The van der Waals surface area contributed by atoms with Crippen LogP contribution in [0.15, 0.2) is 0 Å². The molecule has 13 heavy (non-hydrogen) atoms. The molecule has 0 spiro atoms. The predicted octanol–water partition coefficient (Wildman–Crippen LogP) is 2.00. The molecule has 0 bridgehead atoms. The zero-order chi connectivity index (χ0) is 10.3. The zero-order valence-corrected chi connectivity index (χ0v) is 9.00. The van der Waals surface area contributed by atoms with Crippen molar-refractivity contribution >= 4 is 5.97 Å². The quantitative estimate of drug-likeness (QED) is 0.472. The maximum absolute atomic E-state index is 11.2. The average Bonchev–Trinajstić information content (AvgIpc) is 2.03. The Hall–Kier alpha value is -0.570. The van der Waals surface area contributed by atoms with Gasteiger partial charge in [0.15, 0.2) is 0 Å². The second kappa shape index (κ2) is 6.89. The first kappa shape index (κ1) is 12.4. The van der Waals surface area contributed by atoms with Crippen molar-refractivity contribution in [2.75, 3.05) is 13.2 Å². The molecule has 3 heteroatoms. The minimum absolute atomic E-state index is 0.0406. The Morgan fingerprint density at radius 2 is 1.92 bits per heavy atom. The van der Waals surface area contributed by atoms with Gasteiger partial charge in [0.1, 0.15) is 0 Å². The van der Waals surface area contributed by atoms with Crippen molar-refractivity contribution in [3.8, 4) is 0 Å². The fraction of sp³-hybridized carbons (Fsp3) is 0.900. The summed E-state index contributed by atoms with van der Waals surface area (Å²) in [6.45, 7) is 8.71. The maximum Gasteiger partial charge on any atom is 0.311 e. The summed E-state index contributed by atoms with van der Waals surface area (Å²) in [5.41, 5.74) is 0. The molecule has 0 aromatic heterocycles. The van der Waals surface area contributed by atoms with Crippen molar-refractivity contribution in [2.24, 2.45) is 5.92 Å². The molecule has 0 rings (SSSR count). The minimum atomic E-state index is -0.175. The molecule has 78 valence electrons. The molecule has 0 amide bonds. The summed E-state index contributed by atoms with van der Waals surface area (Å²) in [5, 5.41) is 0. The first-order chi connectivity index (χ1) is 6.07. The van der Waals surface area contributed by atoms with Gasteiger partial charge in [0, 0.05) is 6.61 Å². The maximum atomic E-state index is 11.2. The minimum Gasteiger partial charge on any atom is -0.463 e. The molecule has 0 aliphatic carbocycles. The van der Waals surface area contributed by atoms with E-state index in [1.807, 2.05) is 27.7 Å². The molecule has 0 aliphatic heterocycles. The van der Waals surface area contributed by atoms with Crippen molar-refractivity contribution in [1.29, 1.82) is 0 Å². The normalized spacial score (nSPS) is 13.0. The van der Waals surface area contributed by atoms with E-state index >= 15 is 0 Å². The van der Waals surface area contributed by atoms with E-state index in [0.29, 0.717) is 13.2 Å². The van der Waals surface area contributed by atoms with Crippen LogP contribution < -0.4 is 0 Å².